The highest BCUT2D eigenvalue weighted by Gasteiger charge is 2.30. The number of nitrogens with zero attached hydrogens (tertiary/aromatic N) is 3. The lowest BCUT2D eigenvalue weighted by atomic mass is 10.1. The van der Waals surface area contributed by atoms with Crippen molar-refractivity contribution >= 4 is 32.7 Å². The van der Waals surface area contributed by atoms with E-state index in [0.717, 1.165) is 40.3 Å². The van der Waals surface area contributed by atoms with Crippen LogP contribution in [-0.4, -0.2) is 33.9 Å². The lowest BCUT2D eigenvalue weighted by molar-refractivity contribution is -0.134. The molecule has 0 saturated carbocycles. The summed E-state index contributed by atoms with van der Waals surface area (Å²) < 4.78 is 6.77. The summed E-state index contributed by atoms with van der Waals surface area (Å²) in [6, 6.07) is 11.6. The molecule has 132 valence electrons. The van der Waals surface area contributed by atoms with Gasteiger partial charge in [0, 0.05) is 35.0 Å². The minimum atomic E-state index is -0.00614. The SMILES string of the molecule is O=C(COc1ccnc2ccccc12)N1CCCC1c1cncc(Br)c1. The molecule has 1 aromatic carbocycles. The van der Waals surface area contributed by atoms with Crippen molar-refractivity contribution in [1.29, 1.82) is 0 Å². The molecule has 3 heterocycles. The maximum Gasteiger partial charge on any atom is 0.261 e. The van der Waals surface area contributed by atoms with E-state index in [-0.39, 0.29) is 18.6 Å². The van der Waals surface area contributed by atoms with E-state index in [1.165, 1.54) is 0 Å². The summed E-state index contributed by atoms with van der Waals surface area (Å²) in [6.07, 6.45) is 7.22. The van der Waals surface area contributed by atoms with Crippen molar-refractivity contribution in [3.05, 3.63) is 65.0 Å². The molecule has 4 rings (SSSR count). The average Bonchev–Trinajstić information content (AvgIpc) is 3.16. The van der Waals surface area contributed by atoms with E-state index < -0.39 is 0 Å². The Hall–Kier alpha value is -2.47. The van der Waals surface area contributed by atoms with Gasteiger partial charge < -0.3 is 9.64 Å². The standard InChI is InChI=1S/C20H18BrN3O2/c21-15-10-14(11-22-12-15)18-6-3-9-24(18)20(25)13-26-19-7-8-23-17-5-2-1-4-16(17)19/h1-2,4-5,7-8,10-12,18H,3,6,9,13H2. The molecule has 0 spiro atoms. The summed E-state index contributed by atoms with van der Waals surface area (Å²) in [5.41, 5.74) is 1.91. The van der Waals surface area contributed by atoms with E-state index >= 15 is 0 Å². The van der Waals surface area contributed by atoms with Crippen LogP contribution in [0.25, 0.3) is 10.9 Å². The summed E-state index contributed by atoms with van der Waals surface area (Å²) >= 11 is 3.45. The number of para-hydroxylation sites is 1. The van der Waals surface area contributed by atoms with Crippen molar-refractivity contribution in [2.75, 3.05) is 13.2 Å². The average molecular weight is 412 g/mol. The summed E-state index contributed by atoms with van der Waals surface area (Å²) in [6.45, 7) is 0.766. The Kier molecular flexibility index (Phi) is 4.84. The number of benzene rings is 1. The van der Waals surface area contributed by atoms with Gasteiger partial charge in [-0.2, -0.15) is 0 Å². The highest BCUT2D eigenvalue weighted by atomic mass is 79.9. The number of fused-ring (bicyclic) bond motifs is 1. The molecule has 1 atom stereocenters. The molecule has 1 unspecified atom stereocenters. The number of carbonyl (C=O) groups excluding carboxylic acids is 1. The Morgan fingerprint density at radius 3 is 3.04 bits per heavy atom. The number of rotatable bonds is 4. The van der Waals surface area contributed by atoms with Crippen LogP contribution in [0.5, 0.6) is 5.75 Å². The number of halogens is 1. The monoisotopic (exact) mass is 411 g/mol. The lowest BCUT2D eigenvalue weighted by Gasteiger charge is -2.25. The first-order valence-electron chi connectivity index (χ1n) is 8.59. The molecule has 0 radical (unpaired) electrons. The number of hydrogen-bond acceptors (Lipinski definition) is 4. The summed E-state index contributed by atoms with van der Waals surface area (Å²) in [4.78, 5) is 23.2. The van der Waals surface area contributed by atoms with Gasteiger partial charge in [0.25, 0.3) is 5.91 Å². The molecule has 26 heavy (non-hydrogen) atoms. The quantitative estimate of drug-likeness (QED) is 0.647. The van der Waals surface area contributed by atoms with Gasteiger partial charge in [-0.3, -0.25) is 14.8 Å². The maximum atomic E-state index is 12.8. The van der Waals surface area contributed by atoms with E-state index in [2.05, 4.69) is 25.9 Å². The number of hydrogen-bond donors (Lipinski definition) is 0. The van der Waals surface area contributed by atoms with E-state index in [9.17, 15) is 4.79 Å². The first-order chi connectivity index (χ1) is 12.7. The fourth-order valence-corrected chi connectivity index (χ4v) is 3.82. The fourth-order valence-electron chi connectivity index (χ4n) is 3.44. The predicted octanol–water partition coefficient (Wildman–Crippen LogP) is 4.13. The van der Waals surface area contributed by atoms with Crippen LogP contribution in [0.3, 0.4) is 0 Å². The molecule has 1 saturated heterocycles. The maximum absolute atomic E-state index is 12.8. The molecule has 1 aliphatic rings. The minimum Gasteiger partial charge on any atom is -0.483 e. The first-order valence-corrected chi connectivity index (χ1v) is 9.38. The molecule has 6 heteroatoms. The van der Waals surface area contributed by atoms with E-state index in [1.54, 1.807) is 18.5 Å². The van der Waals surface area contributed by atoms with Gasteiger partial charge >= 0.3 is 0 Å². The normalized spacial score (nSPS) is 16.8. The second-order valence-corrected chi connectivity index (χ2v) is 7.21. The van der Waals surface area contributed by atoms with E-state index in [1.807, 2.05) is 41.4 Å². The van der Waals surface area contributed by atoms with Gasteiger partial charge in [0.15, 0.2) is 6.61 Å². The van der Waals surface area contributed by atoms with Crippen molar-refractivity contribution in [1.82, 2.24) is 14.9 Å². The van der Waals surface area contributed by atoms with Crippen LogP contribution >= 0.6 is 15.9 Å². The van der Waals surface area contributed by atoms with Crippen molar-refractivity contribution in [3.63, 3.8) is 0 Å². The van der Waals surface area contributed by atoms with Crippen molar-refractivity contribution in [2.24, 2.45) is 0 Å². The van der Waals surface area contributed by atoms with E-state index in [4.69, 9.17) is 4.74 Å². The molecule has 0 bridgehead atoms. The van der Waals surface area contributed by atoms with Gasteiger partial charge in [-0.1, -0.05) is 12.1 Å². The molecule has 2 aromatic heterocycles. The number of amides is 1. The van der Waals surface area contributed by atoms with Crippen molar-refractivity contribution in [2.45, 2.75) is 18.9 Å². The van der Waals surface area contributed by atoms with Crippen molar-refractivity contribution in [3.8, 4) is 5.75 Å². The Labute approximate surface area is 160 Å². The van der Waals surface area contributed by atoms with Gasteiger partial charge in [0.1, 0.15) is 5.75 Å². The van der Waals surface area contributed by atoms with Crippen LogP contribution in [0.2, 0.25) is 0 Å². The number of ether oxygens (including phenoxy) is 1. The largest absolute Gasteiger partial charge is 0.483 e. The summed E-state index contributed by atoms with van der Waals surface area (Å²) in [5.74, 6) is 0.678. The van der Waals surface area contributed by atoms with Crippen LogP contribution in [0, 0.1) is 0 Å². The van der Waals surface area contributed by atoms with Crippen LogP contribution < -0.4 is 4.74 Å². The molecular formula is C20H18BrN3O2. The minimum absolute atomic E-state index is 0.00614. The van der Waals surface area contributed by atoms with Gasteiger partial charge in [0.05, 0.1) is 11.6 Å². The van der Waals surface area contributed by atoms with E-state index in [0.29, 0.717) is 5.75 Å². The Bertz CT molecular complexity index is 942. The van der Waals surface area contributed by atoms with Crippen LogP contribution in [-0.2, 0) is 4.79 Å². The molecule has 1 amide bonds. The van der Waals surface area contributed by atoms with Gasteiger partial charge in [-0.05, 0) is 58.6 Å². The molecule has 1 fully saturated rings. The van der Waals surface area contributed by atoms with Gasteiger partial charge in [0.2, 0.25) is 0 Å². The smallest absolute Gasteiger partial charge is 0.261 e. The predicted molar refractivity (Wildman–Crippen MR) is 103 cm³/mol. The topological polar surface area (TPSA) is 55.3 Å². The number of carbonyl (C=O) groups is 1. The fraction of sp³-hybridized carbons (Fsp3) is 0.250. The number of pyridine rings is 2. The molecule has 1 aliphatic heterocycles. The summed E-state index contributed by atoms with van der Waals surface area (Å²) in [7, 11) is 0. The van der Waals surface area contributed by atoms with Crippen LogP contribution in [0.15, 0.2) is 59.5 Å². The van der Waals surface area contributed by atoms with Crippen LogP contribution in [0.1, 0.15) is 24.4 Å². The number of likely N-dealkylation sites (tertiary alicyclic amines) is 1. The highest BCUT2D eigenvalue weighted by molar-refractivity contribution is 9.10. The second kappa shape index (κ2) is 7.41. The van der Waals surface area contributed by atoms with Gasteiger partial charge in [-0.15, -0.1) is 0 Å². The Balaban J connectivity index is 1.49. The zero-order valence-corrected chi connectivity index (χ0v) is 15.7. The molecule has 5 nitrogen and oxygen atoms in total. The zero-order valence-electron chi connectivity index (χ0n) is 14.1. The van der Waals surface area contributed by atoms with Crippen LogP contribution in [0.4, 0.5) is 0 Å². The molecule has 0 N–H and O–H groups in total. The molecule has 0 aliphatic carbocycles. The third-order valence-electron chi connectivity index (χ3n) is 4.64. The molecule has 3 aromatic rings. The number of aromatic nitrogens is 2. The Morgan fingerprint density at radius 1 is 1.27 bits per heavy atom. The summed E-state index contributed by atoms with van der Waals surface area (Å²) in [5, 5.41) is 0.914. The second-order valence-electron chi connectivity index (χ2n) is 6.30. The third-order valence-corrected chi connectivity index (χ3v) is 5.08. The first kappa shape index (κ1) is 17.0. The zero-order chi connectivity index (χ0) is 17.9. The van der Waals surface area contributed by atoms with Gasteiger partial charge in [-0.25, -0.2) is 0 Å². The highest BCUT2D eigenvalue weighted by Crippen LogP contribution is 2.33. The third kappa shape index (κ3) is 3.42. The Morgan fingerprint density at radius 2 is 2.15 bits per heavy atom. The van der Waals surface area contributed by atoms with Crippen molar-refractivity contribution < 1.29 is 9.53 Å². The lowest BCUT2D eigenvalue weighted by Crippen LogP contribution is -2.34. The molecular weight excluding hydrogens is 394 g/mol.